The van der Waals surface area contributed by atoms with Gasteiger partial charge in [-0.05, 0) is 25.1 Å². The fourth-order valence-corrected chi connectivity index (χ4v) is 3.82. The Hall–Kier alpha value is -0.870. The predicted octanol–water partition coefficient (Wildman–Crippen LogP) is 0.604. The maximum atomic E-state index is 11.9. The van der Waals surface area contributed by atoms with E-state index in [4.69, 9.17) is 0 Å². The second-order valence-corrected chi connectivity index (χ2v) is 5.73. The molecule has 0 fully saturated rings. The van der Waals surface area contributed by atoms with Gasteiger partial charge in [-0.3, -0.25) is 0 Å². The van der Waals surface area contributed by atoms with Crippen LogP contribution in [0.4, 0.5) is 0 Å². The molecule has 3 nitrogen and oxygen atoms in total. The summed E-state index contributed by atoms with van der Waals surface area (Å²) in [6.07, 6.45) is 0.638. The van der Waals surface area contributed by atoms with E-state index in [0.29, 0.717) is 17.9 Å². The maximum absolute atomic E-state index is 11.9. The van der Waals surface area contributed by atoms with Gasteiger partial charge in [0.05, 0.1) is 10.1 Å². The zero-order valence-corrected chi connectivity index (χ0v) is 8.84. The molecular weight excluding hydrogens is 198 g/mol. The number of sulfone groups is 1. The molecule has 0 saturated carbocycles. The van der Waals surface area contributed by atoms with Crippen LogP contribution in [0.5, 0.6) is 0 Å². The van der Waals surface area contributed by atoms with Crippen LogP contribution in [-0.2, 0) is 16.3 Å². The molecular formula is C10H13NO2S. The molecule has 4 heteroatoms. The summed E-state index contributed by atoms with van der Waals surface area (Å²) in [5.74, 6) is 0. The van der Waals surface area contributed by atoms with Crippen LogP contribution >= 0.6 is 0 Å². The lowest BCUT2D eigenvalue weighted by Gasteiger charge is -2.07. The highest BCUT2D eigenvalue weighted by Crippen LogP contribution is 2.30. The highest BCUT2D eigenvalue weighted by molar-refractivity contribution is 7.92. The van der Waals surface area contributed by atoms with Gasteiger partial charge in [-0.15, -0.1) is 0 Å². The zero-order valence-electron chi connectivity index (χ0n) is 8.03. The lowest BCUT2D eigenvalue weighted by atomic mass is 10.1. The van der Waals surface area contributed by atoms with Crippen LogP contribution in [0.2, 0.25) is 0 Å². The van der Waals surface area contributed by atoms with Crippen molar-refractivity contribution in [3.8, 4) is 0 Å². The number of benzene rings is 1. The van der Waals surface area contributed by atoms with E-state index in [9.17, 15) is 8.42 Å². The van der Waals surface area contributed by atoms with Crippen molar-refractivity contribution in [3.63, 3.8) is 0 Å². The van der Waals surface area contributed by atoms with Gasteiger partial charge in [-0.25, -0.2) is 8.42 Å². The maximum Gasteiger partial charge on any atom is 0.183 e. The second kappa shape index (κ2) is 3.37. The average Bonchev–Trinajstić information content (AvgIpc) is 2.41. The third kappa shape index (κ3) is 1.35. The first kappa shape index (κ1) is 9.68. The molecule has 1 unspecified atom stereocenters. The molecule has 1 aliphatic heterocycles. The Balaban J connectivity index is 2.46. The van der Waals surface area contributed by atoms with E-state index in [2.05, 4.69) is 5.32 Å². The van der Waals surface area contributed by atoms with Crippen LogP contribution in [0, 0.1) is 0 Å². The minimum atomic E-state index is -3.07. The topological polar surface area (TPSA) is 46.2 Å². The molecule has 0 aromatic heterocycles. The summed E-state index contributed by atoms with van der Waals surface area (Å²) in [7, 11) is -1.29. The molecule has 1 aromatic carbocycles. The van der Waals surface area contributed by atoms with Crippen LogP contribution in [0.25, 0.3) is 0 Å². The predicted molar refractivity (Wildman–Crippen MR) is 55.0 cm³/mol. The molecule has 0 aliphatic carbocycles. The van der Waals surface area contributed by atoms with Crippen LogP contribution in [0.1, 0.15) is 5.56 Å². The Morgan fingerprint density at radius 2 is 2.14 bits per heavy atom. The van der Waals surface area contributed by atoms with Gasteiger partial charge in [0.2, 0.25) is 0 Å². The lowest BCUT2D eigenvalue weighted by Crippen LogP contribution is -2.29. The monoisotopic (exact) mass is 211 g/mol. The fourth-order valence-electron chi connectivity index (χ4n) is 1.89. The van der Waals surface area contributed by atoms with E-state index in [-0.39, 0.29) is 5.25 Å². The largest absolute Gasteiger partial charge is 0.318 e. The molecule has 1 aliphatic rings. The van der Waals surface area contributed by atoms with Crippen molar-refractivity contribution in [2.45, 2.75) is 16.6 Å². The Morgan fingerprint density at radius 3 is 2.79 bits per heavy atom. The molecule has 0 bridgehead atoms. The molecule has 0 radical (unpaired) electrons. The second-order valence-electron chi connectivity index (χ2n) is 3.54. The summed E-state index contributed by atoms with van der Waals surface area (Å²) in [4.78, 5) is 0.514. The first-order valence-corrected chi connectivity index (χ1v) is 6.17. The van der Waals surface area contributed by atoms with Crippen molar-refractivity contribution in [3.05, 3.63) is 29.8 Å². The van der Waals surface area contributed by atoms with Crippen LogP contribution in [0.15, 0.2) is 29.2 Å². The van der Waals surface area contributed by atoms with E-state index >= 15 is 0 Å². The van der Waals surface area contributed by atoms with Crippen LogP contribution in [-0.4, -0.2) is 27.3 Å². The van der Waals surface area contributed by atoms with Crippen LogP contribution in [0.3, 0.4) is 0 Å². The van der Waals surface area contributed by atoms with Gasteiger partial charge in [-0.1, -0.05) is 18.2 Å². The van der Waals surface area contributed by atoms with E-state index < -0.39 is 9.84 Å². The van der Waals surface area contributed by atoms with E-state index in [1.807, 2.05) is 12.1 Å². The number of nitrogens with one attached hydrogen (secondary N) is 1. The zero-order chi connectivity index (χ0) is 10.2. The van der Waals surface area contributed by atoms with Gasteiger partial charge < -0.3 is 5.32 Å². The third-order valence-corrected chi connectivity index (χ3v) is 4.82. The third-order valence-electron chi connectivity index (χ3n) is 2.60. The molecule has 0 saturated heterocycles. The first-order chi connectivity index (χ1) is 6.66. The van der Waals surface area contributed by atoms with E-state index in [0.717, 1.165) is 5.56 Å². The van der Waals surface area contributed by atoms with Crippen LogP contribution < -0.4 is 5.32 Å². The van der Waals surface area contributed by atoms with Gasteiger partial charge in [0.15, 0.2) is 9.84 Å². The smallest absolute Gasteiger partial charge is 0.183 e. The van der Waals surface area contributed by atoms with Crippen molar-refractivity contribution < 1.29 is 8.42 Å². The highest BCUT2D eigenvalue weighted by atomic mass is 32.2. The van der Waals surface area contributed by atoms with E-state index in [1.165, 1.54) is 0 Å². The Labute approximate surface area is 84.1 Å². The summed E-state index contributed by atoms with van der Waals surface area (Å²) < 4.78 is 23.9. The molecule has 76 valence electrons. The molecule has 1 atom stereocenters. The minimum Gasteiger partial charge on any atom is -0.318 e. The quantitative estimate of drug-likeness (QED) is 0.779. The number of hydrogen-bond acceptors (Lipinski definition) is 3. The molecule has 14 heavy (non-hydrogen) atoms. The van der Waals surface area contributed by atoms with Crippen molar-refractivity contribution in [1.82, 2.24) is 5.32 Å². The van der Waals surface area contributed by atoms with E-state index in [1.54, 1.807) is 19.2 Å². The normalized spacial score (nSPS) is 23.4. The summed E-state index contributed by atoms with van der Waals surface area (Å²) in [6.45, 7) is 0.525. The molecule has 1 heterocycles. The molecule has 1 aromatic rings. The summed E-state index contributed by atoms with van der Waals surface area (Å²) in [5.41, 5.74) is 0.952. The van der Waals surface area contributed by atoms with Crippen molar-refractivity contribution in [2.24, 2.45) is 0 Å². The SMILES string of the molecule is CNCC1Cc2ccccc2S1(=O)=O. The minimum absolute atomic E-state index is 0.287. The lowest BCUT2D eigenvalue weighted by molar-refractivity contribution is 0.581. The summed E-state index contributed by atoms with van der Waals surface area (Å²) >= 11 is 0. The van der Waals surface area contributed by atoms with Gasteiger partial charge in [-0.2, -0.15) is 0 Å². The Morgan fingerprint density at radius 1 is 1.43 bits per heavy atom. The summed E-state index contributed by atoms with van der Waals surface area (Å²) in [6, 6.07) is 7.25. The van der Waals surface area contributed by atoms with Gasteiger partial charge >= 0.3 is 0 Å². The fraction of sp³-hybridized carbons (Fsp3) is 0.400. The van der Waals surface area contributed by atoms with Crippen molar-refractivity contribution >= 4 is 9.84 Å². The average molecular weight is 211 g/mol. The molecule has 2 rings (SSSR count). The van der Waals surface area contributed by atoms with Gasteiger partial charge in [0.25, 0.3) is 0 Å². The number of fused-ring (bicyclic) bond motifs is 1. The van der Waals surface area contributed by atoms with Gasteiger partial charge in [0.1, 0.15) is 0 Å². The Kier molecular flexibility index (Phi) is 2.33. The molecule has 1 N–H and O–H groups in total. The molecule has 0 amide bonds. The number of hydrogen-bond donors (Lipinski definition) is 1. The highest BCUT2D eigenvalue weighted by Gasteiger charge is 2.35. The summed E-state index contributed by atoms with van der Waals surface area (Å²) in [5, 5.41) is 2.63. The Bertz CT molecular complexity index is 439. The van der Waals surface area contributed by atoms with Gasteiger partial charge in [0, 0.05) is 6.54 Å². The number of rotatable bonds is 2. The molecule has 0 spiro atoms. The van der Waals surface area contributed by atoms with Crippen molar-refractivity contribution in [1.29, 1.82) is 0 Å². The first-order valence-electron chi connectivity index (χ1n) is 4.62. The van der Waals surface area contributed by atoms with Crippen molar-refractivity contribution in [2.75, 3.05) is 13.6 Å². The standard InChI is InChI=1S/C10H13NO2S/c1-11-7-9-6-8-4-2-3-5-10(8)14(9,12)13/h2-5,9,11H,6-7H2,1H3.